The molecule has 0 bridgehead atoms. The zero-order valence-electron chi connectivity index (χ0n) is 14.2. The molecule has 0 aliphatic rings. The van der Waals surface area contributed by atoms with E-state index in [2.05, 4.69) is 41.4 Å². The van der Waals surface area contributed by atoms with Crippen molar-refractivity contribution in [2.45, 2.75) is 25.9 Å². The Labute approximate surface area is 146 Å². The predicted octanol–water partition coefficient (Wildman–Crippen LogP) is 4.47. The molecular formula is C19H22N2O2S. The van der Waals surface area contributed by atoms with Crippen LogP contribution in [0.5, 0.6) is 5.75 Å². The van der Waals surface area contributed by atoms with Crippen molar-refractivity contribution in [1.82, 2.24) is 9.88 Å². The van der Waals surface area contributed by atoms with Crippen molar-refractivity contribution >= 4 is 11.3 Å². The van der Waals surface area contributed by atoms with Crippen LogP contribution in [0.4, 0.5) is 0 Å². The van der Waals surface area contributed by atoms with Crippen molar-refractivity contribution in [2.24, 2.45) is 0 Å². The third kappa shape index (κ3) is 4.04. The summed E-state index contributed by atoms with van der Waals surface area (Å²) in [5.74, 6) is 1.73. The second-order valence-electron chi connectivity index (χ2n) is 5.94. The molecule has 0 radical (unpaired) electrons. The molecule has 0 aliphatic carbocycles. The van der Waals surface area contributed by atoms with Crippen LogP contribution in [-0.4, -0.2) is 30.1 Å². The summed E-state index contributed by atoms with van der Waals surface area (Å²) in [6.07, 6.45) is 2.68. The zero-order chi connectivity index (χ0) is 16.9. The number of hydrogen-bond donors (Lipinski definition) is 0. The molecule has 0 spiro atoms. The summed E-state index contributed by atoms with van der Waals surface area (Å²) in [6.45, 7) is 3.07. The van der Waals surface area contributed by atoms with Crippen molar-refractivity contribution < 1.29 is 9.15 Å². The topological polar surface area (TPSA) is 38.5 Å². The molecule has 3 aromatic rings. The van der Waals surface area contributed by atoms with E-state index in [9.17, 15) is 0 Å². The highest BCUT2D eigenvalue weighted by Gasteiger charge is 2.13. The van der Waals surface area contributed by atoms with Crippen molar-refractivity contribution in [1.29, 1.82) is 0 Å². The molecule has 24 heavy (non-hydrogen) atoms. The number of nitrogens with zero attached hydrogens (tertiary/aromatic N) is 2. The second-order valence-corrected chi connectivity index (χ2v) is 6.80. The minimum absolute atomic E-state index is 0.423. The summed E-state index contributed by atoms with van der Waals surface area (Å²) in [7, 11) is 3.83. The lowest BCUT2D eigenvalue weighted by molar-refractivity contribution is 0.245. The van der Waals surface area contributed by atoms with E-state index in [0.717, 1.165) is 35.2 Å². The number of methoxy groups -OCH3 is 1. The molecule has 0 saturated carbocycles. The average molecular weight is 342 g/mol. The maximum atomic E-state index is 5.41. The molecule has 0 amide bonds. The van der Waals surface area contributed by atoms with Crippen LogP contribution in [0.25, 0.3) is 10.8 Å². The molecule has 0 N–H and O–H groups in total. The Balaban J connectivity index is 1.58. The molecule has 2 heterocycles. The van der Waals surface area contributed by atoms with E-state index in [1.807, 2.05) is 24.3 Å². The second kappa shape index (κ2) is 7.64. The van der Waals surface area contributed by atoms with Gasteiger partial charge in [-0.15, -0.1) is 11.3 Å². The van der Waals surface area contributed by atoms with Gasteiger partial charge in [-0.1, -0.05) is 12.1 Å². The van der Waals surface area contributed by atoms with E-state index in [4.69, 9.17) is 9.15 Å². The van der Waals surface area contributed by atoms with Crippen LogP contribution in [-0.2, 0) is 13.0 Å². The lowest BCUT2D eigenvalue weighted by atomic mass is 10.1. The third-order valence-corrected chi connectivity index (χ3v) is 5.04. The van der Waals surface area contributed by atoms with E-state index in [-0.39, 0.29) is 0 Å². The summed E-state index contributed by atoms with van der Waals surface area (Å²) in [6, 6.07) is 12.5. The van der Waals surface area contributed by atoms with E-state index in [0.29, 0.717) is 6.04 Å². The Morgan fingerprint density at radius 3 is 2.71 bits per heavy atom. The van der Waals surface area contributed by atoms with Gasteiger partial charge in [0.2, 0.25) is 0 Å². The van der Waals surface area contributed by atoms with Gasteiger partial charge in [0.1, 0.15) is 5.75 Å². The van der Waals surface area contributed by atoms with Gasteiger partial charge in [0.15, 0.2) is 10.8 Å². The molecular weight excluding hydrogens is 320 g/mol. The predicted molar refractivity (Wildman–Crippen MR) is 97.4 cm³/mol. The minimum atomic E-state index is 0.423. The van der Waals surface area contributed by atoms with Gasteiger partial charge in [-0.05, 0) is 50.2 Å². The number of aromatic nitrogens is 1. The maximum Gasteiger partial charge on any atom is 0.162 e. The Morgan fingerprint density at radius 1 is 1.25 bits per heavy atom. The van der Waals surface area contributed by atoms with Gasteiger partial charge < -0.3 is 9.15 Å². The summed E-state index contributed by atoms with van der Waals surface area (Å²) in [5, 5.41) is 3.04. The summed E-state index contributed by atoms with van der Waals surface area (Å²) >= 11 is 1.62. The molecule has 1 aromatic carbocycles. The Kier molecular flexibility index (Phi) is 5.33. The van der Waals surface area contributed by atoms with Gasteiger partial charge in [-0.25, -0.2) is 4.98 Å². The fourth-order valence-electron chi connectivity index (χ4n) is 2.56. The number of rotatable bonds is 7. The van der Waals surface area contributed by atoms with E-state index < -0.39 is 0 Å². The highest BCUT2D eigenvalue weighted by Crippen LogP contribution is 2.24. The smallest absolute Gasteiger partial charge is 0.162 e. The molecule has 0 fully saturated rings. The average Bonchev–Trinajstić information content (AvgIpc) is 3.26. The quantitative estimate of drug-likeness (QED) is 0.635. The first-order valence-electron chi connectivity index (χ1n) is 7.97. The number of furan rings is 1. The largest absolute Gasteiger partial charge is 0.497 e. The van der Waals surface area contributed by atoms with Crippen LogP contribution in [0.2, 0.25) is 0 Å². The fraction of sp³-hybridized carbons (Fsp3) is 0.316. The molecule has 1 atom stereocenters. The lowest BCUT2D eigenvalue weighted by Gasteiger charge is -2.24. The van der Waals surface area contributed by atoms with Gasteiger partial charge >= 0.3 is 0 Å². The highest BCUT2D eigenvalue weighted by molar-refractivity contribution is 7.13. The number of ether oxygens (including phenoxy) is 1. The van der Waals surface area contributed by atoms with Crippen molar-refractivity contribution in [3.05, 3.63) is 59.3 Å². The molecule has 3 rings (SSSR count). The van der Waals surface area contributed by atoms with E-state index in [1.54, 1.807) is 24.7 Å². The Hall–Kier alpha value is -2.11. The molecule has 4 nitrogen and oxygen atoms in total. The van der Waals surface area contributed by atoms with Crippen molar-refractivity contribution in [3.63, 3.8) is 0 Å². The van der Waals surface area contributed by atoms with E-state index in [1.165, 1.54) is 5.56 Å². The number of hydrogen-bond acceptors (Lipinski definition) is 5. The summed E-state index contributed by atoms with van der Waals surface area (Å²) < 4.78 is 10.6. The summed E-state index contributed by atoms with van der Waals surface area (Å²) in [4.78, 5) is 7.00. The van der Waals surface area contributed by atoms with Crippen LogP contribution >= 0.6 is 11.3 Å². The first-order valence-corrected chi connectivity index (χ1v) is 8.85. The van der Waals surface area contributed by atoms with Gasteiger partial charge in [0.25, 0.3) is 0 Å². The van der Waals surface area contributed by atoms with Gasteiger partial charge in [-0.2, -0.15) is 0 Å². The fourth-order valence-corrected chi connectivity index (χ4v) is 3.34. The van der Waals surface area contributed by atoms with Crippen LogP contribution in [0, 0.1) is 0 Å². The third-order valence-electron chi connectivity index (χ3n) is 4.14. The Morgan fingerprint density at radius 2 is 2.04 bits per heavy atom. The normalized spacial score (nSPS) is 12.5. The van der Waals surface area contributed by atoms with Crippen LogP contribution in [0.3, 0.4) is 0 Å². The number of thiazole rings is 1. The van der Waals surface area contributed by atoms with Gasteiger partial charge in [-0.3, -0.25) is 4.90 Å². The first kappa shape index (κ1) is 16.7. The van der Waals surface area contributed by atoms with Gasteiger partial charge in [0.05, 0.1) is 19.1 Å². The molecule has 0 aliphatic heterocycles. The lowest BCUT2D eigenvalue weighted by Crippen LogP contribution is -2.30. The highest BCUT2D eigenvalue weighted by atomic mass is 32.1. The van der Waals surface area contributed by atoms with Crippen molar-refractivity contribution in [2.75, 3.05) is 14.2 Å². The molecule has 1 unspecified atom stereocenters. The minimum Gasteiger partial charge on any atom is -0.497 e. The van der Waals surface area contributed by atoms with Crippen LogP contribution < -0.4 is 4.74 Å². The standard InChI is InChI=1S/C19H22N2O2S/c1-14(11-15-6-8-17(22-3)9-7-15)21(2)12-16-13-24-19(20-16)18-5-4-10-23-18/h4-10,13-14H,11-12H2,1-3H3. The maximum absolute atomic E-state index is 5.41. The SMILES string of the molecule is COc1ccc(CC(C)N(C)Cc2csc(-c3ccco3)n2)cc1. The number of likely N-dealkylation sites (N-methyl/N-ethyl adjacent to an activating group) is 1. The molecule has 0 saturated heterocycles. The monoisotopic (exact) mass is 342 g/mol. The molecule has 126 valence electrons. The number of benzene rings is 1. The van der Waals surface area contributed by atoms with Crippen LogP contribution in [0.1, 0.15) is 18.2 Å². The summed E-state index contributed by atoms with van der Waals surface area (Å²) in [5.41, 5.74) is 2.39. The molecule has 2 aromatic heterocycles. The van der Waals surface area contributed by atoms with Crippen molar-refractivity contribution in [3.8, 4) is 16.5 Å². The van der Waals surface area contributed by atoms with Crippen LogP contribution in [0.15, 0.2) is 52.5 Å². The first-order chi connectivity index (χ1) is 11.7. The van der Waals surface area contributed by atoms with E-state index >= 15 is 0 Å². The van der Waals surface area contributed by atoms with Gasteiger partial charge in [0, 0.05) is 18.0 Å². The zero-order valence-corrected chi connectivity index (χ0v) is 15.0. The molecule has 5 heteroatoms. The Bertz CT molecular complexity index is 750.